The molecular weight excluding hydrogens is 248 g/mol. The van der Waals surface area contributed by atoms with E-state index in [1.165, 1.54) is 18.1 Å². The van der Waals surface area contributed by atoms with Gasteiger partial charge in [0.2, 0.25) is 0 Å². The van der Waals surface area contributed by atoms with Crippen LogP contribution in [0.4, 0.5) is 0 Å². The quantitative estimate of drug-likeness (QED) is 0.856. The Morgan fingerprint density at radius 3 is 2.83 bits per heavy atom. The summed E-state index contributed by atoms with van der Waals surface area (Å²) in [6.07, 6.45) is 2.33. The Morgan fingerprint density at radius 1 is 1.33 bits per heavy atom. The number of nitrogens with zero attached hydrogens (tertiary/aromatic N) is 2. The van der Waals surface area contributed by atoms with Crippen molar-refractivity contribution >= 4 is 17.7 Å². The summed E-state index contributed by atoms with van der Waals surface area (Å²) in [5, 5.41) is 9.86. The zero-order valence-corrected chi connectivity index (χ0v) is 10.6. The van der Waals surface area contributed by atoms with E-state index in [9.17, 15) is 4.79 Å². The molecule has 2 rings (SSSR count). The summed E-state index contributed by atoms with van der Waals surface area (Å²) in [7, 11) is 0. The molecule has 18 heavy (non-hydrogen) atoms. The molecule has 0 radical (unpaired) electrons. The van der Waals surface area contributed by atoms with Gasteiger partial charge < -0.3 is 5.11 Å². The van der Waals surface area contributed by atoms with Gasteiger partial charge in [0.05, 0.1) is 5.56 Å². The Labute approximate surface area is 109 Å². The van der Waals surface area contributed by atoms with Crippen molar-refractivity contribution in [1.29, 1.82) is 0 Å². The average Bonchev–Trinajstić information content (AvgIpc) is 2.39. The van der Waals surface area contributed by atoms with E-state index >= 15 is 0 Å². The van der Waals surface area contributed by atoms with Crippen molar-refractivity contribution in [3.8, 4) is 0 Å². The van der Waals surface area contributed by atoms with E-state index in [4.69, 9.17) is 5.11 Å². The first kappa shape index (κ1) is 12.6. The van der Waals surface area contributed by atoms with Gasteiger partial charge in [0.25, 0.3) is 0 Å². The number of rotatable bonds is 4. The Balaban J connectivity index is 2.31. The third-order valence-electron chi connectivity index (χ3n) is 2.39. The second-order valence-corrected chi connectivity index (χ2v) is 4.67. The van der Waals surface area contributed by atoms with Crippen LogP contribution in [0.25, 0.3) is 0 Å². The van der Waals surface area contributed by atoms with Gasteiger partial charge >= 0.3 is 5.97 Å². The molecule has 0 saturated carbocycles. The first-order chi connectivity index (χ1) is 8.70. The summed E-state index contributed by atoms with van der Waals surface area (Å²) in [5.74, 6) is -0.928. The van der Waals surface area contributed by atoms with Crippen LogP contribution in [0, 0.1) is 0 Å². The van der Waals surface area contributed by atoms with Crippen molar-refractivity contribution < 1.29 is 9.90 Å². The largest absolute Gasteiger partial charge is 0.478 e. The van der Waals surface area contributed by atoms with Crippen LogP contribution in [-0.2, 0) is 6.42 Å². The number of aromatic carboxylic acids is 1. The van der Waals surface area contributed by atoms with Gasteiger partial charge in [0.15, 0.2) is 0 Å². The standard InChI is InChI=1S/C13H12N2O2S/c1-2-9-7-12(15-8-14-9)18-11-6-4-3-5-10(11)13(16)17/h3-8H,2H2,1H3,(H,16,17). The molecule has 1 N–H and O–H groups in total. The summed E-state index contributed by atoms with van der Waals surface area (Å²) in [4.78, 5) is 20.0. The smallest absolute Gasteiger partial charge is 0.336 e. The molecule has 0 spiro atoms. The number of carboxylic acid groups (broad SMARTS) is 1. The Morgan fingerprint density at radius 2 is 2.11 bits per heavy atom. The molecule has 0 fully saturated rings. The SMILES string of the molecule is CCc1cc(Sc2ccccc2C(=O)O)ncn1. The fraction of sp³-hybridized carbons (Fsp3) is 0.154. The fourth-order valence-corrected chi connectivity index (χ4v) is 2.40. The number of hydrogen-bond acceptors (Lipinski definition) is 4. The number of aryl methyl sites for hydroxylation is 1. The molecule has 92 valence electrons. The van der Waals surface area contributed by atoms with Crippen molar-refractivity contribution in [2.75, 3.05) is 0 Å². The highest BCUT2D eigenvalue weighted by atomic mass is 32.2. The highest BCUT2D eigenvalue weighted by molar-refractivity contribution is 7.99. The van der Waals surface area contributed by atoms with Gasteiger partial charge in [-0.25, -0.2) is 14.8 Å². The monoisotopic (exact) mass is 260 g/mol. The van der Waals surface area contributed by atoms with Crippen molar-refractivity contribution in [3.05, 3.63) is 47.9 Å². The van der Waals surface area contributed by atoms with Crippen LogP contribution in [0.15, 0.2) is 46.6 Å². The Kier molecular flexibility index (Phi) is 3.94. The van der Waals surface area contributed by atoms with Crippen LogP contribution in [0.2, 0.25) is 0 Å². The van der Waals surface area contributed by atoms with Crippen LogP contribution in [-0.4, -0.2) is 21.0 Å². The molecule has 4 nitrogen and oxygen atoms in total. The Bertz CT molecular complexity index is 572. The predicted molar refractivity (Wildman–Crippen MR) is 68.9 cm³/mol. The topological polar surface area (TPSA) is 63.1 Å². The lowest BCUT2D eigenvalue weighted by Gasteiger charge is -2.05. The molecule has 0 amide bonds. The number of hydrogen-bond donors (Lipinski definition) is 1. The number of aromatic nitrogens is 2. The van der Waals surface area contributed by atoms with E-state index in [-0.39, 0.29) is 0 Å². The van der Waals surface area contributed by atoms with Gasteiger partial charge in [-0.05, 0) is 24.6 Å². The molecule has 0 atom stereocenters. The van der Waals surface area contributed by atoms with Crippen LogP contribution >= 0.6 is 11.8 Å². The van der Waals surface area contributed by atoms with Gasteiger partial charge in [-0.3, -0.25) is 0 Å². The first-order valence-electron chi connectivity index (χ1n) is 5.51. The zero-order valence-electron chi connectivity index (χ0n) is 9.83. The molecular formula is C13H12N2O2S. The van der Waals surface area contributed by atoms with Gasteiger partial charge in [-0.15, -0.1) is 0 Å². The normalized spacial score (nSPS) is 10.3. The van der Waals surface area contributed by atoms with Gasteiger partial charge in [0.1, 0.15) is 11.4 Å². The van der Waals surface area contributed by atoms with E-state index < -0.39 is 5.97 Å². The summed E-state index contributed by atoms with van der Waals surface area (Å²) >= 11 is 1.34. The maximum Gasteiger partial charge on any atom is 0.336 e. The summed E-state index contributed by atoms with van der Waals surface area (Å²) in [5.41, 5.74) is 1.24. The fourth-order valence-electron chi connectivity index (χ4n) is 1.47. The molecule has 1 aromatic heterocycles. The third kappa shape index (κ3) is 2.87. The lowest BCUT2D eigenvalue weighted by atomic mass is 10.2. The second-order valence-electron chi connectivity index (χ2n) is 3.60. The lowest BCUT2D eigenvalue weighted by Crippen LogP contribution is -1.98. The highest BCUT2D eigenvalue weighted by Gasteiger charge is 2.10. The minimum absolute atomic E-state index is 0.291. The molecule has 0 saturated heterocycles. The highest BCUT2D eigenvalue weighted by Crippen LogP contribution is 2.29. The van der Waals surface area contributed by atoms with E-state index in [1.54, 1.807) is 18.2 Å². The van der Waals surface area contributed by atoms with Crippen LogP contribution in [0.1, 0.15) is 23.0 Å². The van der Waals surface area contributed by atoms with E-state index in [1.807, 2.05) is 19.1 Å². The molecule has 1 aromatic carbocycles. The summed E-state index contributed by atoms with van der Waals surface area (Å²) in [6, 6.07) is 8.78. The van der Waals surface area contributed by atoms with Crippen molar-refractivity contribution in [2.24, 2.45) is 0 Å². The maximum atomic E-state index is 11.1. The van der Waals surface area contributed by atoms with E-state index in [2.05, 4.69) is 9.97 Å². The molecule has 2 aromatic rings. The van der Waals surface area contributed by atoms with Crippen molar-refractivity contribution in [1.82, 2.24) is 9.97 Å². The summed E-state index contributed by atoms with van der Waals surface area (Å²) < 4.78 is 0. The first-order valence-corrected chi connectivity index (χ1v) is 6.33. The van der Waals surface area contributed by atoms with Crippen LogP contribution in [0.3, 0.4) is 0 Å². The molecule has 0 bridgehead atoms. The number of carbonyl (C=O) groups is 1. The molecule has 1 heterocycles. The molecule has 0 aliphatic heterocycles. The average molecular weight is 260 g/mol. The van der Waals surface area contributed by atoms with Gasteiger partial charge in [-0.1, -0.05) is 30.8 Å². The Hall–Kier alpha value is -1.88. The third-order valence-corrected chi connectivity index (χ3v) is 3.40. The molecule has 5 heteroatoms. The van der Waals surface area contributed by atoms with Gasteiger partial charge in [0, 0.05) is 10.6 Å². The van der Waals surface area contributed by atoms with Crippen LogP contribution < -0.4 is 0 Å². The second kappa shape index (κ2) is 5.64. The number of benzene rings is 1. The molecule has 0 unspecified atom stereocenters. The van der Waals surface area contributed by atoms with Crippen molar-refractivity contribution in [2.45, 2.75) is 23.3 Å². The number of carboxylic acids is 1. The lowest BCUT2D eigenvalue weighted by molar-refractivity contribution is 0.0693. The molecule has 0 aliphatic rings. The van der Waals surface area contributed by atoms with Gasteiger partial charge in [-0.2, -0.15) is 0 Å². The van der Waals surface area contributed by atoms with E-state index in [0.717, 1.165) is 17.1 Å². The van der Waals surface area contributed by atoms with Crippen LogP contribution in [0.5, 0.6) is 0 Å². The maximum absolute atomic E-state index is 11.1. The zero-order chi connectivity index (χ0) is 13.0. The minimum atomic E-state index is -0.928. The predicted octanol–water partition coefficient (Wildman–Crippen LogP) is 2.89. The van der Waals surface area contributed by atoms with E-state index in [0.29, 0.717) is 10.5 Å². The van der Waals surface area contributed by atoms with Crippen molar-refractivity contribution in [3.63, 3.8) is 0 Å². The minimum Gasteiger partial charge on any atom is -0.478 e. The summed E-state index contributed by atoms with van der Waals surface area (Å²) in [6.45, 7) is 2.02. The molecule has 0 aliphatic carbocycles.